The van der Waals surface area contributed by atoms with E-state index in [2.05, 4.69) is 10.3 Å². The van der Waals surface area contributed by atoms with E-state index in [0.29, 0.717) is 17.7 Å². The van der Waals surface area contributed by atoms with Crippen molar-refractivity contribution in [2.24, 2.45) is 5.73 Å². The Bertz CT molecular complexity index is 1480. The lowest BCUT2D eigenvalue weighted by Crippen LogP contribution is -2.52. The largest absolute Gasteiger partial charge is 0.490 e. The van der Waals surface area contributed by atoms with E-state index in [1.807, 2.05) is 42.5 Å². The van der Waals surface area contributed by atoms with Crippen molar-refractivity contribution < 1.29 is 23.9 Å². The second-order valence-corrected chi connectivity index (χ2v) is 10.8. The van der Waals surface area contributed by atoms with Gasteiger partial charge in [-0.05, 0) is 28.8 Å². The van der Waals surface area contributed by atoms with E-state index in [1.165, 1.54) is 29.2 Å². The number of fused-ring (bicyclic) bond motifs is 4. The average Bonchev–Trinajstić information content (AvgIpc) is 3.37. The van der Waals surface area contributed by atoms with Crippen molar-refractivity contribution in [1.82, 2.24) is 25.0 Å². The predicted octanol–water partition coefficient (Wildman–Crippen LogP) is 0.813. The van der Waals surface area contributed by atoms with Gasteiger partial charge in [-0.15, -0.1) is 0 Å². The molecule has 4 amide bonds. The van der Waals surface area contributed by atoms with Crippen LogP contribution in [0.15, 0.2) is 60.9 Å². The molecule has 3 aromatic rings. The van der Waals surface area contributed by atoms with Crippen LogP contribution >= 0.6 is 0 Å². The fraction of sp³-hybridized carbons (Fsp3) is 0.367. The van der Waals surface area contributed by atoms with Gasteiger partial charge in [0.1, 0.15) is 18.4 Å². The summed E-state index contributed by atoms with van der Waals surface area (Å²) in [7, 11) is 3.06. The molecule has 11 nitrogen and oxygen atoms in total. The summed E-state index contributed by atoms with van der Waals surface area (Å²) in [4.78, 5) is 60.6. The molecule has 214 valence electrons. The van der Waals surface area contributed by atoms with Crippen LogP contribution in [0.4, 0.5) is 0 Å². The van der Waals surface area contributed by atoms with Gasteiger partial charge in [0.25, 0.3) is 5.91 Å². The number of nitrogens with zero attached hydrogens (tertiary/aromatic N) is 4. The fourth-order valence-electron chi connectivity index (χ4n) is 5.44. The summed E-state index contributed by atoms with van der Waals surface area (Å²) in [5, 5.41) is 5.24. The zero-order chi connectivity index (χ0) is 29.1. The number of pyridine rings is 1. The molecule has 41 heavy (non-hydrogen) atoms. The highest BCUT2D eigenvalue weighted by atomic mass is 16.5. The summed E-state index contributed by atoms with van der Waals surface area (Å²) in [6.07, 6.45) is 3.62. The Morgan fingerprint density at radius 2 is 1.80 bits per heavy atom. The van der Waals surface area contributed by atoms with E-state index in [4.69, 9.17) is 10.5 Å². The van der Waals surface area contributed by atoms with Crippen LogP contribution in [0.1, 0.15) is 22.3 Å². The van der Waals surface area contributed by atoms with Crippen molar-refractivity contribution >= 4 is 34.4 Å². The van der Waals surface area contributed by atoms with Crippen molar-refractivity contribution in [3.8, 4) is 5.75 Å². The topological polar surface area (TPSA) is 138 Å². The van der Waals surface area contributed by atoms with Crippen LogP contribution in [0.3, 0.4) is 0 Å². The molecule has 5 rings (SSSR count). The number of ether oxygens (including phenoxy) is 1. The molecule has 3 atom stereocenters. The molecule has 1 aromatic heterocycles. The molecular formula is C30H34N6O5. The van der Waals surface area contributed by atoms with Gasteiger partial charge in [0.2, 0.25) is 17.7 Å². The Kier molecular flexibility index (Phi) is 8.16. The summed E-state index contributed by atoms with van der Waals surface area (Å²) in [5.74, 6) is -0.838. The third kappa shape index (κ3) is 6.46. The molecule has 1 saturated heterocycles. The lowest BCUT2D eigenvalue weighted by molar-refractivity contribution is -0.141. The normalized spacial score (nSPS) is 22.2. The number of aromatic nitrogens is 1. The molecule has 3 N–H and O–H groups in total. The van der Waals surface area contributed by atoms with Gasteiger partial charge in [0.05, 0.1) is 30.8 Å². The van der Waals surface area contributed by atoms with Crippen LogP contribution in [0.5, 0.6) is 5.75 Å². The summed E-state index contributed by atoms with van der Waals surface area (Å²) in [6.45, 7) is 0.200. The summed E-state index contributed by atoms with van der Waals surface area (Å²) >= 11 is 0. The van der Waals surface area contributed by atoms with Crippen molar-refractivity contribution in [1.29, 1.82) is 0 Å². The van der Waals surface area contributed by atoms with Crippen LogP contribution in [0, 0.1) is 0 Å². The second kappa shape index (κ2) is 11.9. The highest BCUT2D eigenvalue weighted by Crippen LogP contribution is 2.22. The van der Waals surface area contributed by atoms with Gasteiger partial charge in [-0.25, -0.2) is 0 Å². The number of amides is 4. The maximum absolute atomic E-state index is 13.4. The quantitative estimate of drug-likeness (QED) is 0.485. The van der Waals surface area contributed by atoms with Crippen molar-refractivity contribution in [2.75, 3.05) is 40.3 Å². The molecule has 0 radical (unpaired) electrons. The van der Waals surface area contributed by atoms with Crippen LogP contribution < -0.4 is 15.8 Å². The zero-order valence-electron chi connectivity index (χ0n) is 23.2. The first kappa shape index (κ1) is 28.0. The molecule has 0 saturated carbocycles. The molecule has 0 unspecified atom stereocenters. The monoisotopic (exact) mass is 558 g/mol. The Hall–Kier alpha value is -4.51. The summed E-state index contributed by atoms with van der Waals surface area (Å²) in [5.41, 5.74) is 7.30. The van der Waals surface area contributed by atoms with Gasteiger partial charge in [-0.3, -0.25) is 24.2 Å². The number of nitrogens with one attached hydrogen (secondary N) is 1. The first-order valence-corrected chi connectivity index (χ1v) is 13.6. The van der Waals surface area contributed by atoms with E-state index < -0.39 is 11.9 Å². The smallest absolute Gasteiger partial charge is 0.255 e. The lowest BCUT2D eigenvalue weighted by Gasteiger charge is -2.28. The molecule has 3 heterocycles. The van der Waals surface area contributed by atoms with Crippen LogP contribution in [-0.4, -0.2) is 102 Å². The molecule has 1 fully saturated rings. The number of carbonyl (C=O) groups is 4. The standard InChI is InChI=1S/C30H34N6O5/c1-34-16-26(31)30(40)35(2)17-28(38)36-15-23(12-24(36)18-41-25-11-22(29(34)39)13-32-14-25)33-27(37)10-19-7-8-20-5-3-4-6-21(20)9-19/h3-9,11,13-14,23-24,26H,10,12,15-18,31H2,1-2H3,(H,33,37)/t23-,24-,26-/m0/s1. The van der Waals surface area contributed by atoms with Gasteiger partial charge in [0.15, 0.2) is 0 Å². The highest BCUT2D eigenvalue weighted by molar-refractivity contribution is 5.95. The fourth-order valence-corrected chi connectivity index (χ4v) is 5.44. The third-order valence-electron chi connectivity index (χ3n) is 7.56. The molecule has 2 aliphatic rings. The molecular weight excluding hydrogens is 524 g/mol. The van der Waals surface area contributed by atoms with E-state index in [9.17, 15) is 19.2 Å². The number of hydrogen-bond donors (Lipinski definition) is 2. The highest BCUT2D eigenvalue weighted by Gasteiger charge is 2.37. The maximum Gasteiger partial charge on any atom is 0.255 e. The molecule has 11 heteroatoms. The lowest BCUT2D eigenvalue weighted by atomic mass is 10.0. The number of rotatable bonds is 3. The summed E-state index contributed by atoms with van der Waals surface area (Å²) in [6, 6.07) is 13.9. The van der Waals surface area contributed by atoms with Gasteiger partial charge < -0.3 is 30.5 Å². The Morgan fingerprint density at radius 1 is 1.02 bits per heavy atom. The van der Waals surface area contributed by atoms with Crippen LogP contribution in [0.25, 0.3) is 10.8 Å². The van der Waals surface area contributed by atoms with Gasteiger partial charge in [-0.1, -0.05) is 42.5 Å². The molecule has 0 spiro atoms. The SMILES string of the molecule is CN1C[C@H](N)C(=O)N(C)CC(=O)N2C[C@@H](NC(=O)Cc3ccc4ccccc4c3)C[C@H]2COc2cncc(c2)C1=O. The number of hydrogen-bond acceptors (Lipinski definition) is 7. The Labute approximate surface area is 238 Å². The van der Waals surface area contributed by atoms with Gasteiger partial charge >= 0.3 is 0 Å². The molecule has 2 aliphatic heterocycles. The molecule has 0 aliphatic carbocycles. The Balaban J connectivity index is 1.31. The van der Waals surface area contributed by atoms with Crippen molar-refractivity contribution in [3.63, 3.8) is 0 Å². The van der Waals surface area contributed by atoms with Gasteiger partial charge in [0, 0.05) is 39.4 Å². The minimum atomic E-state index is -1.00. The maximum atomic E-state index is 13.4. The van der Waals surface area contributed by atoms with E-state index in [0.717, 1.165) is 16.3 Å². The minimum Gasteiger partial charge on any atom is -0.490 e. The Morgan fingerprint density at radius 3 is 2.61 bits per heavy atom. The molecule has 2 aromatic carbocycles. The second-order valence-electron chi connectivity index (χ2n) is 10.8. The third-order valence-corrected chi connectivity index (χ3v) is 7.56. The van der Waals surface area contributed by atoms with Crippen LogP contribution in [-0.2, 0) is 20.8 Å². The number of likely N-dealkylation sites (N-methyl/N-ethyl adjacent to an activating group) is 2. The predicted molar refractivity (Wildman–Crippen MR) is 152 cm³/mol. The van der Waals surface area contributed by atoms with Gasteiger partial charge in [-0.2, -0.15) is 0 Å². The zero-order valence-corrected chi connectivity index (χ0v) is 23.2. The first-order valence-electron chi connectivity index (χ1n) is 13.6. The number of carbonyl (C=O) groups excluding carboxylic acids is 4. The van der Waals surface area contributed by atoms with Crippen molar-refractivity contribution in [2.45, 2.75) is 31.0 Å². The molecule has 2 bridgehead atoms. The summed E-state index contributed by atoms with van der Waals surface area (Å²) < 4.78 is 5.98. The average molecular weight is 559 g/mol. The van der Waals surface area contributed by atoms with E-state index >= 15 is 0 Å². The minimum absolute atomic E-state index is 0.0288. The number of nitrogens with two attached hydrogens (primary N) is 1. The van der Waals surface area contributed by atoms with Crippen molar-refractivity contribution in [3.05, 3.63) is 72.1 Å². The van der Waals surface area contributed by atoms with E-state index in [-0.39, 0.29) is 62.5 Å². The van der Waals surface area contributed by atoms with E-state index in [1.54, 1.807) is 18.0 Å². The van der Waals surface area contributed by atoms with Crippen LogP contribution in [0.2, 0.25) is 0 Å². The number of benzene rings is 2. The first-order chi connectivity index (χ1) is 19.7.